The summed E-state index contributed by atoms with van der Waals surface area (Å²) >= 11 is 0. The molecule has 0 spiro atoms. The molecule has 32 heavy (non-hydrogen) atoms. The number of fused-ring (bicyclic) bond motifs is 3. The van der Waals surface area contributed by atoms with Crippen LogP contribution in [0.5, 0.6) is 0 Å². The van der Waals surface area contributed by atoms with Crippen molar-refractivity contribution < 1.29 is 9.53 Å². The van der Waals surface area contributed by atoms with Crippen molar-refractivity contribution in [3.63, 3.8) is 0 Å². The van der Waals surface area contributed by atoms with Crippen molar-refractivity contribution in [2.45, 2.75) is 19.7 Å². The number of benzene rings is 3. The van der Waals surface area contributed by atoms with Gasteiger partial charge >= 0.3 is 6.09 Å². The summed E-state index contributed by atoms with van der Waals surface area (Å²) in [6.07, 6.45) is -1.34. The van der Waals surface area contributed by atoms with Crippen molar-refractivity contribution in [2.75, 3.05) is 0 Å². The number of carbonyl (C=O) groups excluding carboxylic acids is 1. The van der Waals surface area contributed by atoms with Gasteiger partial charge in [0, 0.05) is 11.1 Å². The van der Waals surface area contributed by atoms with Crippen molar-refractivity contribution in [3.8, 4) is 5.69 Å². The number of nitrogens with one attached hydrogen (secondary N) is 1. The van der Waals surface area contributed by atoms with Gasteiger partial charge in [0.25, 0.3) is 0 Å². The molecule has 0 fully saturated rings. The Morgan fingerprint density at radius 1 is 0.938 bits per heavy atom. The zero-order chi connectivity index (χ0) is 21.9. The number of rotatable bonds is 4. The number of amides is 1. The van der Waals surface area contributed by atoms with E-state index in [1.807, 2.05) is 96.4 Å². The number of aryl methyl sites for hydroxylation is 1. The highest BCUT2D eigenvalue weighted by Crippen LogP contribution is 2.29. The number of ether oxygens (including phenoxy) is 1. The molecule has 0 bridgehead atoms. The van der Waals surface area contributed by atoms with Crippen LogP contribution in [0, 0.1) is 6.92 Å². The lowest BCUT2D eigenvalue weighted by molar-refractivity contribution is 0.135. The number of aliphatic imine (C=N–C) groups is 1. The van der Waals surface area contributed by atoms with Gasteiger partial charge in [0.2, 0.25) is 0 Å². The van der Waals surface area contributed by atoms with Crippen LogP contribution in [0.3, 0.4) is 0 Å². The highest BCUT2D eigenvalue weighted by molar-refractivity contribution is 6.15. The third-order valence-electron chi connectivity index (χ3n) is 5.27. The topological polar surface area (TPSA) is 81.4 Å². The number of aromatic nitrogens is 3. The van der Waals surface area contributed by atoms with E-state index >= 15 is 0 Å². The summed E-state index contributed by atoms with van der Waals surface area (Å²) in [5.41, 5.74) is 4.46. The van der Waals surface area contributed by atoms with Crippen LogP contribution in [0.1, 0.15) is 34.5 Å². The average Bonchev–Trinajstić information content (AvgIpc) is 3.16. The second-order valence-corrected chi connectivity index (χ2v) is 7.41. The average molecular weight is 423 g/mol. The van der Waals surface area contributed by atoms with Gasteiger partial charge in [-0.25, -0.2) is 4.79 Å². The van der Waals surface area contributed by atoms with Gasteiger partial charge in [0.1, 0.15) is 12.4 Å². The lowest BCUT2D eigenvalue weighted by atomic mass is 10.0. The molecule has 7 nitrogen and oxygen atoms in total. The van der Waals surface area contributed by atoms with Crippen molar-refractivity contribution in [1.82, 2.24) is 20.1 Å². The van der Waals surface area contributed by atoms with Crippen LogP contribution in [0.15, 0.2) is 89.9 Å². The Balaban J connectivity index is 1.53. The van der Waals surface area contributed by atoms with E-state index in [4.69, 9.17) is 9.73 Å². The molecule has 0 unspecified atom stereocenters. The second kappa shape index (κ2) is 8.47. The minimum Gasteiger partial charge on any atom is -0.445 e. The Kier molecular flexibility index (Phi) is 5.21. The van der Waals surface area contributed by atoms with E-state index in [0.29, 0.717) is 11.6 Å². The summed E-state index contributed by atoms with van der Waals surface area (Å²) in [7, 11) is 0. The van der Waals surface area contributed by atoms with Crippen LogP contribution in [0.4, 0.5) is 4.79 Å². The fraction of sp³-hybridized carbons (Fsp3) is 0.120. The molecule has 3 aromatic carbocycles. The minimum absolute atomic E-state index is 0.167. The Hall–Kier alpha value is -4.26. The normalized spacial score (nSPS) is 14.5. The second-order valence-electron chi connectivity index (χ2n) is 7.41. The van der Waals surface area contributed by atoms with Crippen LogP contribution >= 0.6 is 0 Å². The third-order valence-corrected chi connectivity index (χ3v) is 5.27. The van der Waals surface area contributed by atoms with E-state index < -0.39 is 12.3 Å². The van der Waals surface area contributed by atoms with Crippen LogP contribution in [0.25, 0.3) is 5.69 Å². The van der Waals surface area contributed by atoms with Crippen LogP contribution in [-0.2, 0) is 11.3 Å². The highest BCUT2D eigenvalue weighted by Gasteiger charge is 2.29. The fourth-order valence-electron chi connectivity index (χ4n) is 3.78. The summed E-state index contributed by atoms with van der Waals surface area (Å²) in [5, 5.41) is 11.4. The molecule has 0 aliphatic carbocycles. The number of hydrogen-bond donors (Lipinski definition) is 1. The molecule has 7 heteroatoms. The Morgan fingerprint density at radius 3 is 2.41 bits per heavy atom. The van der Waals surface area contributed by atoms with Crippen molar-refractivity contribution >= 4 is 11.8 Å². The van der Waals surface area contributed by atoms with E-state index in [1.54, 1.807) is 0 Å². The van der Waals surface area contributed by atoms with E-state index in [1.165, 1.54) is 0 Å². The number of para-hydroxylation sites is 1. The molecule has 1 atom stereocenters. The number of alkyl carbamates (subject to hydrolysis) is 1. The zero-order valence-corrected chi connectivity index (χ0v) is 17.5. The summed E-state index contributed by atoms with van der Waals surface area (Å²) in [5.74, 6) is 1.24. The lowest BCUT2D eigenvalue weighted by Gasteiger charge is -2.14. The molecule has 1 aliphatic heterocycles. The van der Waals surface area contributed by atoms with Crippen molar-refractivity contribution in [2.24, 2.45) is 4.99 Å². The third kappa shape index (κ3) is 3.76. The number of carbonyl (C=O) groups is 1. The maximum absolute atomic E-state index is 12.7. The van der Waals surface area contributed by atoms with Crippen LogP contribution < -0.4 is 5.32 Å². The molecule has 2 heterocycles. The first kappa shape index (κ1) is 19.7. The van der Waals surface area contributed by atoms with Gasteiger partial charge in [-0.1, -0.05) is 78.9 Å². The summed E-state index contributed by atoms with van der Waals surface area (Å²) in [4.78, 5) is 17.6. The molecule has 1 aliphatic rings. The first-order valence-corrected chi connectivity index (χ1v) is 10.3. The monoisotopic (exact) mass is 423 g/mol. The maximum Gasteiger partial charge on any atom is 0.409 e. The van der Waals surface area contributed by atoms with E-state index in [2.05, 4.69) is 15.5 Å². The van der Waals surface area contributed by atoms with Gasteiger partial charge in [0.05, 0.1) is 11.4 Å². The number of hydrogen-bond acceptors (Lipinski definition) is 5. The molecule has 1 N–H and O–H groups in total. The lowest BCUT2D eigenvalue weighted by Crippen LogP contribution is -2.30. The highest BCUT2D eigenvalue weighted by atomic mass is 16.5. The molecule has 0 radical (unpaired) electrons. The predicted molar refractivity (Wildman–Crippen MR) is 121 cm³/mol. The summed E-state index contributed by atoms with van der Waals surface area (Å²) in [6.45, 7) is 2.05. The molecule has 158 valence electrons. The standard InChI is InChI=1S/C25H21N5O2/c1-17-28-29-24-23(27-25(31)32-16-18-10-4-2-5-11-18)26-22(19-12-6-3-7-13-19)20-14-8-9-15-21(20)30(17)24/h2-15,23H,16H2,1H3,(H,27,31)/t23-/m1/s1. The molecular formula is C25H21N5O2. The van der Waals surface area contributed by atoms with Gasteiger partial charge < -0.3 is 4.74 Å². The van der Waals surface area contributed by atoms with Gasteiger partial charge in [-0.05, 0) is 18.6 Å². The molecule has 0 saturated carbocycles. The van der Waals surface area contributed by atoms with Crippen molar-refractivity contribution in [3.05, 3.63) is 113 Å². The van der Waals surface area contributed by atoms with Crippen LogP contribution in [-0.4, -0.2) is 26.6 Å². The smallest absolute Gasteiger partial charge is 0.409 e. The molecule has 0 saturated heterocycles. The van der Waals surface area contributed by atoms with E-state index in [0.717, 1.165) is 28.1 Å². The van der Waals surface area contributed by atoms with E-state index in [-0.39, 0.29) is 6.61 Å². The first-order valence-electron chi connectivity index (χ1n) is 10.3. The largest absolute Gasteiger partial charge is 0.445 e. The molecule has 4 aromatic rings. The van der Waals surface area contributed by atoms with E-state index in [9.17, 15) is 4.79 Å². The van der Waals surface area contributed by atoms with Crippen molar-refractivity contribution in [1.29, 1.82) is 0 Å². The Labute approximate surface area is 185 Å². The predicted octanol–water partition coefficient (Wildman–Crippen LogP) is 4.35. The molecular weight excluding hydrogens is 402 g/mol. The van der Waals surface area contributed by atoms with Crippen LogP contribution in [0.2, 0.25) is 0 Å². The SMILES string of the molecule is Cc1nnc2n1-c1ccccc1C(c1ccccc1)=N[C@@H]2NC(=O)OCc1ccccc1. The first-order chi connectivity index (χ1) is 15.7. The van der Waals surface area contributed by atoms with Gasteiger partial charge in [-0.3, -0.25) is 14.9 Å². The number of nitrogens with zero attached hydrogens (tertiary/aromatic N) is 4. The Morgan fingerprint density at radius 2 is 1.62 bits per heavy atom. The quantitative estimate of drug-likeness (QED) is 0.529. The maximum atomic E-state index is 12.7. The zero-order valence-electron chi connectivity index (χ0n) is 17.5. The van der Waals surface area contributed by atoms with Gasteiger partial charge in [0.15, 0.2) is 12.0 Å². The Bertz CT molecular complexity index is 1280. The minimum atomic E-state index is -0.762. The molecule has 1 amide bonds. The summed E-state index contributed by atoms with van der Waals surface area (Å²) in [6, 6.07) is 27.4. The van der Waals surface area contributed by atoms with Gasteiger partial charge in [-0.2, -0.15) is 0 Å². The molecule has 5 rings (SSSR count). The fourth-order valence-corrected chi connectivity index (χ4v) is 3.78. The summed E-state index contributed by atoms with van der Waals surface area (Å²) < 4.78 is 7.36. The van der Waals surface area contributed by atoms with Gasteiger partial charge in [-0.15, -0.1) is 10.2 Å². The molecule has 1 aromatic heterocycles.